The maximum atomic E-state index is 11.6. The SMILES string of the molecule is Nc1cc(=O)n2nc(-c3ccccc3)sc2n1. The highest BCUT2D eigenvalue weighted by Crippen LogP contribution is 2.23. The van der Waals surface area contributed by atoms with E-state index in [1.54, 1.807) is 0 Å². The van der Waals surface area contributed by atoms with Gasteiger partial charge >= 0.3 is 0 Å². The van der Waals surface area contributed by atoms with E-state index in [-0.39, 0.29) is 11.4 Å². The van der Waals surface area contributed by atoms with E-state index in [1.165, 1.54) is 21.9 Å². The van der Waals surface area contributed by atoms with E-state index in [4.69, 9.17) is 5.73 Å². The van der Waals surface area contributed by atoms with Crippen molar-refractivity contribution in [1.82, 2.24) is 14.6 Å². The van der Waals surface area contributed by atoms with Gasteiger partial charge in [-0.3, -0.25) is 4.79 Å². The molecular weight excluding hydrogens is 236 g/mol. The second-order valence-corrected chi connectivity index (χ2v) is 4.44. The van der Waals surface area contributed by atoms with Crippen LogP contribution in [0, 0.1) is 0 Å². The Morgan fingerprint density at radius 2 is 2.00 bits per heavy atom. The zero-order valence-electron chi connectivity index (χ0n) is 8.70. The van der Waals surface area contributed by atoms with Crippen molar-refractivity contribution in [2.75, 3.05) is 5.73 Å². The number of hydrogen-bond donors (Lipinski definition) is 1. The van der Waals surface area contributed by atoms with E-state index in [0.717, 1.165) is 10.6 Å². The van der Waals surface area contributed by atoms with Crippen molar-refractivity contribution in [2.24, 2.45) is 0 Å². The molecular formula is C11H8N4OS. The summed E-state index contributed by atoms with van der Waals surface area (Å²) in [6, 6.07) is 10.9. The van der Waals surface area contributed by atoms with Crippen molar-refractivity contribution >= 4 is 22.1 Å². The molecule has 0 saturated carbocycles. The lowest BCUT2D eigenvalue weighted by atomic mass is 10.2. The van der Waals surface area contributed by atoms with Crippen molar-refractivity contribution < 1.29 is 0 Å². The average molecular weight is 244 g/mol. The largest absolute Gasteiger partial charge is 0.383 e. The third-order valence-electron chi connectivity index (χ3n) is 2.29. The van der Waals surface area contributed by atoms with Crippen molar-refractivity contribution in [3.8, 4) is 10.6 Å². The fraction of sp³-hybridized carbons (Fsp3) is 0. The zero-order valence-corrected chi connectivity index (χ0v) is 9.52. The van der Waals surface area contributed by atoms with Gasteiger partial charge in [-0.1, -0.05) is 41.7 Å². The molecule has 0 aliphatic carbocycles. The second kappa shape index (κ2) is 3.67. The molecule has 0 radical (unpaired) electrons. The van der Waals surface area contributed by atoms with E-state index in [9.17, 15) is 4.79 Å². The number of nitrogen functional groups attached to an aromatic ring is 1. The fourth-order valence-corrected chi connectivity index (χ4v) is 2.44. The van der Waals surface area contributed by atoms with E-state index in [1.807, 2.05) is 30.3 Å². The highest BCUT2D eigenvalue weighted by atomic mass is 32.1. The third kappa shape index (κ3) is 1.68. The number of hydrogen-bond acceptors (Lipinski definition) is 5. The van der Waals surface area contributed by atoms with Crippen LogP contribution in [0.3, 0.4) is 0 Å². The lowest BCUT2D eigenvalue weighted by Crippen LogP contribution is -2.14. The van der Waals surface area contributed by atoms with Crippen LogP contribution in [0.5, 0.6) is 0 Å². The lowest BCUT2D eigenvalue weighted by Gasteiger charge is -1.91. The van der Waals surface area contributed by atoms with Crippen LogP contribution in [0.4, 0.5) is 5.82 Å². The van der Waals surface area contributed by atoms with Crippen LogP contribution < -0.4 is 11.3 Å². The summed E-state index contributed by atoms with van der Waals surface area (Å²) in [4.78, 5) is 16.2. The minimum absolute atomic E-state index is 0.221. The molecule has 0 spiro atoms. The summed E-state index contributed by atoms with van der Waals surface area (Å²) in [5, 5.41) is 4.98. The molecule has 0 aliphatic heterocycles. The first kappa shape index (κ1) is 9.98. The van der Waals surface area contributed by atoms with Crippen LogP contribution in [-0.4, -0.2) is 14.6 Å². The monoisotopic (exact) mass is 244 g/mol. The predicted octanol–water partition coefficient (Wildman–Crippen LogP) is 1.40. The molecule has 6 heteroatoms. The third-order valence-corrected chi connectivity index (χ3v) is 3.24. The summed E-state index contributed by atoms with van der Waals surface area (Å²) in [5.41, 5.74) is 6.23. The number of fused-ring (bicyclic) bond motifs is 1. The summed E-state index contributed by atoms with van der Waals surface area (Å²) < 4.78 is 1.27. The smallest absolute Gasteiger partial charge is 0.277 e. The van der Waals surface area contributed by atoms with Gasteiger partial charge in [0.15, 0.2) is 0 Å². The van der Waals surface area contributed by atoms with Gasteiger partial charge < -0.3 is 5.73 Å². The van der Waals surface area contributed by atoms with Crippen LogP contribution in [0.15, 0.2) is 41.2 Å². The van der Waals surface area contributed by atoms with E-state index >= 15 is 0 Å². The molecule has 1 aromatic carbocycles. The van der Waals surface area contributed by atoms with Gasteiger partial charge in [0.2, 0.25) is 4.96 Å². The molecule has 0 bridgehead atoms. The quantitative estimate of drug-likeness (QED) is 0.702. The Kier molecular flexibility index (Phi) is 2.15. The standard InChI is InChI=1S/C11H8N4OS/c12-8-6-9(16)15-11(13-8)17-10(14-15)7-4-2-1-3-5-7/h1-6H,12H2. The van der Waals surface area contributed by atoms with Gasteiger partial charge in [-0.05, 0) is 0 Å². The molecule has 0 unspecified atom stereocenters. The molecule has 2 N–H and O–H groups in total. The van der Waals surface area contributed by atoms with Crippen LogP contribution in [0.1, 0.15) is 0 Å². The number of rotatable bonds is 1. The highest BCUT2D eigenvalue weighted by Gasteiger charge is 2.08. The first-order chi connectivity index (χ1) is 8.24. The lowest BCUT2D eigenvalue weighted by molar-refractivity contribution is 0.906. The topological polar surface area (TPSA) is 73.3 Å². The number of aromatic nitrogens is 3. The summed E-state index contributed by atoms with van der Waals surface area (Å²) in [6.07, 6.45) is 0. The molecule has 5 nitrogen and oxygen atoms in total. The van der Waals surface area contributed by atoms with Gasteiger partial charge in [0, 0.05) is 11.6 Å². The minimum atomic E-state index is -0.258. The van der Waals surface area contributed by atoms with Crippen LogP contribution >= 0.6 is 11.3 Å². The molecule has 3 rings (SSSR count). The van der Waals surface area contributed by atoms with Crippen molar-refractivity contribution in [3.05, 3.63) is 46.8 Å². The molecule has 17 heavy (non-hydrogen) atoms. The van der Waals surface area contributed by atoms with Gasteiger partial charge in [0.25, 0.3) is 5.56 Å². The van der Waals surface area contributed by atoms with Crippen molar-refractivity contribution in [3.63, 3.8) is 0 Å². The molecule has 0 atom stereocenters. The van der Waals surface area contributed by atoms with Crippen LogP contribution in [0.2, 0.25) is 0 Å². The molecule has 0 aliphatic rings. The van der Waals surface area contributed by atoms with Gasteiger partial charge in [-0.25, -0.2) is 4.98 Å². The number of benzene rings is 1. The molecule has 0 amide bonds. The van der Waals surface area contributed by atoms with Crippen LogP contribution in [-0.2, 0) is 0 Å². The number of anilines is 1. The van der Waals surface area contributed by atoms with E-state index in [2.05, 4.69) is 10.1 Å². The van der Waals surface area contributed by atoms with Crippen molar-refractivity contribution in [1.29, 1.82) is 0 Å². The van der Waals surface area contributed by atoms with Crippen molar-refractivity contribution in [2.45, 2.75) is 0 Å². The number of nitrogens with zero attached hydrogens (tertiary/aromatic N) is 3. The maximum Gasteiger partial charge on any atom is 0.277 e. The molecule has 84 valence electrons. The predicted molar refractivity (Wildman–Crippen MR) is 67.0 cm³/mol. The minimum Gasteiger partial charge on any atom is -0.383 e. The first-order valence-corrected chi connectivity index (χ1v) is 5.77. The Morgan fingerprint density at radius 3 is 2.76 bits per heavy atom. The van der Waals surface area contributed by atoms with Crippen LogP contribution in [0.25, 0.3) is 15.5 Å². The summed E-state index contributed by atoms with van der Waals surface area (Å²) in [5.74, 6) is 0.221. The van der Waals surface area contributed by atoms with Gasteiger partial charge in [0.1, 0.15) is 10.8 Å². The molecule has 0 saturated heterocycles. The Hall–Kier alpha value is -2.21. The molecule has 3 aromatic rings. The summed E-state index contributed by atoms with van der Waals surface area (Å²) in [6.45, 7) is 0. The Balaban J connectivity index is 2.28. The molecule has 0 fully saturated rings. The molecule has 2 aromatic heterocycles. The van der Waals surface area contributed by atoms with Gasteiger partial charge in [-0.2, -0.15) is 9.61 Å². The first-order valence-electron chi connectivity index (χ1n) is 4.96. The average Bonchev–Trinajstić information content (AvgIpc) is 2.74. The normalized spacial score (nSPS) is 10.8. The Morgan fingerprint density at radius 1 is 1.24 bits per heavy atom. The Bertz CT molecular complexity index is 732. The highest BCUT2D eigenvalue weighted by molar-refractivity contribution is 7.19. The van der Waals surface area contributed by atoms with Gasteiger partial charge in [-0.15, -0.1) is 0 Å². The van der Waals surface area contributed by atoms with E-state index in [0.29, 0.717) is 4.96 Å². The molecule has 2 heterocycles. The maximum absolute atomic E-state index is 11.6. The summed E-state index contributed by atoms with van der Waals surface area (Å²) >= 11 is 1.34. The second-order valence-electron chi connectivity index (χ2n) is 3.49. The van der Waals surface area contributed by atoms with E-state index < -0.39 is 0 Å². The van der Waals surface area contributed by atoms with Gasteiger partial charge in [0.05, 0.1) is 0 Å². The zero-order chi connectivity index (χ0) is 11.8. The summed E-state index contributed by atoms with van der Waals surface area (Å²) in [7, 11) is 0. The Labute approximate surface area is 100 Å². The fourth-order valence-electron chi connectivity index (χ4n) is 1.53. The number of nitrogens with two attached hydrogens (primary N) is 1.